The van der Waals surface area contributed by atoms with Crippen molar-refractivity contribution in [2.24, 2.45) is 11.8 Å². The van der Waals surface area contributed by atoms with Gasteiger partial charge >= 0.3 is 0 Å². The highest BCUT2D eigenvalue weighted by molar-refractivity contribution is 6.00. The van der Waals surface area contributed by atoms with Crippen LogP contribution in [0.3, 0.4) is 0 Å². The van der Waals surface area contributed by atoms with Gasteiger partial charge in [0, 0.05) is 50.7 Å². The summed E-state index contributed by atoms with van der Waals surface area (Å²) in [6, 6.07) is 7.80. The number of piperazine rings is 1. The van der Waals surface area contributed by atoms with Crippen LogP contribution in [0.4, 0.5) is 5.69 Å². The molecule has 2 aliphatic heterocycles. The normalized spacial score (nSPS) is 20.8. The topological polar surface area (TPSA) is 60.9 Å². The predicted octanol–water partition coefficient (Wildman–Crippen LogP) is 1.67. The average Bonchev–Trinajstić information content (AvgIpc) is 3.03. The van der Waals surface area contributed by atoms with Crippen LogP contribution in [0.1, 0.15) is 25.8 Å². The van der Waals surface area contributed by atoms with Gasteiger partial charge in [-0.2, -0.15) is 0 Å². The molecule has 0 unspecified atom stereocenters. The van der Waals surface area contributed by atoms with E-state index in [0.29, 0.717) is 32.7 Å². The smallest absolute Gasteiger partial charge is 0.228 e. The number of carbonyl (C=O) groups is 3. The maximum atomic E-state index is 12.8. The molecule has 0 radical (unpaired) electrons. The number of benzene rings is 1. The molecule has 2 aliphatic rings. The Balaban J connectivity index is 1.59. The van der Waals surface area contributed by atoms with Crippen molar-refractivity contribution in [3.8, 4) is 0 Å². The first-order valence-corrected chi connectivity index (χ1v) is 9.31. The van der Waals surface area contributed by atoms with Crippen LogP contribution in [-0.2, 0) is 14.4 Å². The third-order valence-corrected chi connectivity index (χ3v) is 5.22. The largest absolute Gasteiger partial charge is 0.339 e. The number of rotatable bonds is 3. The van der Waals surface area contributed by atoms with Crippen molar-refractivity contribution >= 4 is 23.4 Å². The lowest BCUT2D eigenvalue weighted by Gasteiger charge is -2.36. The number of hydrogen-bond acceptors (Lipinski definition) is 3. The van der Waals surface area contributed by atoms with E-state index in [2.05, 4.69) is 0 Å². The molecule has 0 bridgehead atoms. The maximum Gasteiger partial charge on any atom is 0.228 e. The number of carbonyl (C=O) groups excluding carboxylic acids is 3. The van der Waals surface area contributed by atoms with Gasteiger partial charge in [-0.05, 0) is 19.1 Å². The molecule has 6 nitrogen and oxygen atoms in total. The molecule has 0 spiro atoms. The molecule has 140 valence electrons. The summed E-state index contributed by atoms with van der Waals surface area (Å²) in [7, 11) is 0. The monoisotopic (exact) mass is 357 g/mol. The van der Waals surface area contributed by atoms with E-state index in [-0.39, 0.29) is 36.0 Å². The number of hydrogen-bond donors (Lipinski definition) is 0. The average molecular weight is 357 g/mol. The predicted molar refractivity (Wildman–Crippen MR) is 99.6 cm³/mol. The molecule has 0 aromatic heterocycles. The summed E-state index contributed by atoms with van der Waals surface area (Å²) in [6.45, 7) is 8.47. The van der Waals surface area contributed by atoms with Crippen LogP contribution in [0, 0.1) is 18.8 Å². The van der Waals surface area contributed by atoms with Crippen molar-refractivity contribution in [1.82, 2.24) is 9.80 Å². The Labute approximate surface area is 154 Å². The zero-order chi connectivity index (χ0) is 18.8. The highest BCUT2D eigenvalue weighted by Gasteiger charge is 2.38. The van der Waals surface area contributed by atoms with Gasteiger partial charge in [-0.3, -0.25) is 14.4 Å². The van der Waals surface area contributed by atoms with E-state index in [1.807, 2.05) is 49.9 Å². The van der Waals surface area contributed by atoms with Gasteiger partial charge in [0.25, 0.3) is 0 Å². The van der Waals surface area contributed by atoms with E-state index in [1.54, 1.807) is 9.80 Å². The Hall–Kier alpha value is -2.37. The quantitative estimate of drug-likeness (QED) is 0.827. The SMILES string of the molecule is Cc1ccc(N2C[C@@H](C(=O)N3CCN(C(=O)C(C)C)CC3)CC2=O)cc1. The summed E-state index contributed by atoms with van der Waals surface area (Å²) in [5.41, 5.74) is 1.99. The van der Waals surface area contributed by atoms with Crippen LogP contribution in [-0.4, -0.2) is 60.2 Å². The van der Waals surface area contributed by atoms with Crippen LogP contribution in [0.25, 0.3) is 0 Å². The van der Waals surface area contributed by atoms with Gasteiger partial charge in [0.2, 0.25) is 17.7 Å². The first-order chi connectivity index (χ1) is 12.4. The lowest BCUT2D eigenvalue weighted by molar-refractivity contribution is -0.143. The third-order valence-electron chi connectivity index (χ3n) is 5.22. The van der Waals surface area contributed by atoms with Gasteiger partial charge in [0.05, 0.1) is 5.92 Å². The molecule has 3 rings (SSSR count). The lowest BCUT2D eigenvalue weighted by Crippen LogP contribution is -2.53. The van der Waals surface area contributed by atoms with Crippen molar-refractivity contribution in [3.05, 3.63) is 29.8 Å². The van der Waals surface area contributed by atoms with E-state index in [4.69, 9.17) is 0 Å². The van der Waals surface area contributed by atoms with E-state index < -0.39 is 0 Å². The van der Waals surface area contributed by atoms with Crippen LogP contribution < -0.4 is 4.90 Å². The van der Waals surface area contributed by atoms with E-state index in [0.717, 1.165) is 11.3 Å². The van der Waals surface area contributed by atoms with Crippen molar-refractivity contribution in [1.29, 1.82) is 0 Å². The van der Waals surface area contributed by atoms with Crippen LogP contribution in [0.5, 0.6) is 0 Å². The van der Waals surface area contributed by atoms with E-state index in [9.17, 15) is 14.4 Å². The molecule has 2 heterocycles. The van der Waals surface area contributed by atoms with Gasteiger partial charge in [0.15, 0.2) is 0 Å². The van der Waals surface area contributed by atoms with Gasteiger partial charge in [0.1, 0.15) is 0 Å². The van der Waals surface area contributed by atoms with Gasteiger partial charge in [-0.25, -0.2) is 0 Å². The Bertz CT molecular complexity index is 691. The first kappa shape index (κ1) is 18.4. The van der Waals surface area contributed by atoms with Crippen molar-refractivity contribution in [2.75, 3.05) is 37.6 Å². The molecule has 3 amide bonds. The fourth-order valence-electron chi connectivity index (χ4n) is 3.62. The second-order valence-corrected chi connectivity index (χ2v) is 7.55. The zero-order valence-electron chi connectivity index (χ0n) is 15.8. The third kappa shape index (κ3) is 3.74. The molecule has 0 N–H and O–H groups in total. The highest BCUT2D eigenvalue weighted by Crippen LogP contribution is 2.27. The van der Waals surface area contributed by atoms with Crippen molar-refractivity contribution in [3.63, 3.8) is 0 Å². The zero-order valence-corrected chi connectivity index (χ0v) is 15.8. The van der Waals surface area contributed by atoms with E-state index in [1.165, 1.54) is 0 Å². The summed E-state index contributed by atoms with van der Waals surface area (Å²) in [5, 5.41) is 0. The minimum Gasteiger partial charge on any atom is -0.339 e. The standard InChI is InChI=1S/C20H27N3O3/c1-14(2)19(25)21-8-10-22(11-9-21)20(26)16-12-18(24)23(13-16)17-6-4-15(3)5-7-17/h4-7,14,16H,8-13H2,1-3H3/t16-/m0/s1. The summed E-state index contributed by atoms with van der Waals surface area (Å²) in [4.78, 5) is 42.6. The Morgan fingerprint density at radius 1 is 1.00 bits per heavy atom. The molecule has 1 aromatic rings. The maximum absolute atomic E-state index is 12.8. The fraction of sp³-hybridized carbons (Fsp3) is 0.550. The molecule has 0 saturated carbocycles. The molecule has 1 aromatic carbocycles. The van der Waals surface area contributed by atoms with Gasteiger partial charge in [-0.1, -0.05) is 31.5 Å². The van der Waals surface area contributed by atoms with Crippen LogP contribution in [0.15, 0.2) is 24.3 Å². The molecule has 6 heteroatoms. The minimum atomic E-state index is -0.295. The van der Waals surface area contributed by atoms with Crippen molar-refractivity contribution < 1.29 is 14.4 Å². The van der Waals surface area contributed by atoms with E-state index >= 15 is 0 Å². The second kappa shape index (κ2) is 7.48. The summed E-state index contributed by atoms with van der Waals surface area (Å²) < 4.78 is 0. The molecule has 2 fully saturated rings. The number of nitrogens with zero attached hydrogens (tertiary/aromatic N) is 3. The van der Waals surface area contributed by atoms with Gasteiger partial charge < -0.3 is 14.7 Å². The summed E-state index contributed by atoms with van der Waals surface area (Å²) in [6.07, 6.45) is 0.262. The number of aryl methyl sites for hydroxylation is 1. The van der Waals surface area contributed by atoms with Crippen molar-refractivity contribution in [2.45, 2.75) is 27.2 Å². The molecular formula is C20H27N3O3. The summed E-state index contributed by atoms with van der Waals surface area (Å²) in [5.74, 6) is -0.145. The lowest BCUT2D eigenvalue weighted by atomic mass is 10.1. The molecule has 26 heavy (non-hydrogen) atoms. The number of anilines is 1. The second-order valence-electron chi connectivity index (χ2n) is 7.55. The van der Waals surface area contributed by atoms with Crippen LogP contribution >= 0.6 is 0 Å². The minimum absolute atomic E-state index is 0.000764. The molecule has 2 saturated heterocycles. The highest BCUT2D eigenvalue weighted by atomic mass is 16.2. The fourth-order valence-corrected chi connectivity index (χ4v) is 3.62. The Kier molecular flexibility index (Phi) is 5.30. The Morgan fingerprint density at radius 3 is 2.15 bits per heavy atom. The van der Waals surface area contributed by atoms with Crippen LogP contribution in [0.2, 0.25) is 0 Å². The first-order valence-electron chi connectivity index (χ1n) is 9.31. The molecule has 1 atom stereocenters. The summed E-state index contributed by atoms with van der Waals surface area (Å²) >= 11 is 0. The van der Waals surface area contributed by atoms with Gasteiger partial charge in [-0.15, -0.1) is 0 Å². The Morgan fingerprint density at radius 2 is 1.58 bits per heavy atom. The molecular weight excluding hydrogens is 330 g/mol. The molecule has 0 aliphatic carbocycles. The number of amides is 3.